The number of hydrogen-bond acceptors (Lipinski definition) is 4. The second kappa shape index (κ2) is 4.28. The highest BCUT2D eigenvalue weighted by Crippen LogP contribution is 2.34. The van der Waals surface area contributed by atoms with Gasteiger partial charge in [-0.15, -0.1) is 0 Å². The molecule has 0 aromatic heterocycles. The lowest BCUT2D eigenvalue weighted by Crippen LogP contribution is -2.47. The number of nitrogens with one attached hydrogen (secondary N) is 2. The molecule has 0 spiro atoms. The fraction of sp³-hybridized carbons (Fsp3) is 0.231. The molecule has 2 N–H and O–H groups in total. The van der Waals surface area contributed by atoms with Crippen molar-refractivity contribution in [1.82, 2.24) is 10.7 Å². The largest absolute Gasteiger partial charge is 0.326 e. The van der Waals surface area contributed by atoms with Gasteiger partial charge in [0.15, 0.2) is 6.17 Å². The number of carbonyl (C=O) groups excluding carboxylic acids is 1. The topological polar surface area (TPSA) is 56.7 Å². The van der Waals surface area contributed by atoms with E-state index < -0.39 is 0 Å². The normalized spacial score (nSPS) is 19.9. The quantitative estimate of drug-likeness (QED) is 0.824. The first-order valence-electron chi connectivity index (χ1n) is 5.94. The van der Waals surface area contributed by atoms with Crippen LogP contribution in [0.25, 0.3) is 6.08 Å². The van der Waals surface area contributed by atoms with Crippen LogP contribution in [0.4, 0.5) is 5.69 Å². The summed E-state index contributed by atoms with van der Waals surface area (Å²) in [4.78, 5) is 13.3. The molecule has 1 aromatic carbocycles. The minimum atomic E-state index is -0.169. The molecule has 0 saturated carbocycles. The van der Waals surface area contributed by atoms with Crippen molar-refractivity contribution in [2.45, 2.75) is 20.0 Å². The Morgan fingerprint density at radius 1 is 1.53 bits per heavy atom. The molecule has 2 aliphatic rings. The molecule has 1 unspecified atom stereocenters. The summed E-state index contributed by atoms with van der Waals surface area (Å²) in [5.41, 5.74) is 5.77. The Labute approximate surface area is 115 Å². The van der Waals surface area contributed by atoms with Crippen LogP contribution in [-0.4, -0.2) is 17.9 Å². The number of carbonyl (C=O) groups is 1. The molecule has 1 aromatic rings. The fourth-order valence-corrected chi connectivity index (χ4v) is 2.57. The van der Waals surface area contributed by atoms with Crippen molar-refractivity contribution in [2.24, 2.45) is 5.10 Å². The second-order valence-electron chi connectivity index (χ2n) is 4.54. The molecular weight excluding hydrogens is 264 g/mol. The Hall–Kier alpha value is -2.01. The fourth-order valence-electron chi connectivity index (χ4n) is 2.39. The van der Waals surface area contributed by atoms with Crippen LogP contribution in [0.15, 0.2) is 29.0 Å². The summed E-state index contributed by atoms with van der Waals surface area (Å²) in [5, 5.41) is 7.73. The molecule has 0 radical (unpaired) electrons. The molecule has 2 heterocycles. The summed E-state index contributed by atoms with van der Waals surface area (Å²) in [6.45, 7) is 3.41. The van der Waals surface area contributed by atoms with Gasteiger partial charge in [-0.3, -0.25) is 10.2 Å². The maximum Gasteiger partial charge on any atom is 0.221 e. The number of rotatable bonds is 1. The van der Waals surface area contributed by atoms with E-state index in [1.165, 1.54) is 6.92 Å². The van der Waals surface area contributed by atoms with Gasteiger partial charge < -0.3 is 10.2 Å². The zero-order valence-electron chi connectivity index (χ0n) is 10.6. The van der Waals surface area contributed by atoms with Crippen LogP contribution in [0.2, 0.25) is 5.02 Å². The van der Waals surface area contributed by atoms with Crippen LogP contribution in [0.1, 0.15) is 19.4 Å². The molecule has 0 saturated heterocycles. The molecule has 0 fully saturated rings. The highest BCUT2D eigenvalue weighted by atomic mass is 35.5. The van der Waals surface area contributed by atoms with E-state index in [-0.39, 0.29) is 12.1 Å². The molecule has 3 rings (SSSR count). The molecule has 0 bridgehead atoms. The van der Waals surface area contributed by atoms with E-state index in [2.05, 4.69) is 15.8 Å². The van der Waals surface area contributed by atoms with E-state index in [0.29, 0.717) is 5.02 Å². The lowest BCUT2D eigenvalue weighted by Gasteiger charge is -2.33. The summed E-state index contributed by atoms with van der Waals surface area (Å²) in [5.74, 6) is 0.743. The second-order valence-corrected chi connectivity index (χ2v) is 4.98. The molecule has 1 amide bonds. The van der Waals surface area contributed by atoms with Gasteiger partial charge in [0.2, 0.25) is 5.91 Å². The van der Waals surface area contributed by atoms with Gasteiger partial charge in [-0.1, -0.05) is 11.6 Å². The number of nitrogens with zero attached hydrogens (tertiary/aromatic N) is 2. The van der Waals surface area contributed by atoms with E-state index in [4.69, 9.17) is 11.6 Å². The van der Waals surface area contributed by atoms with Crippen LogP contribution >= 0.6 is 11.6 Å². The van der Waals surface area contributed by atoms with Crippen molar-refractivity contribution in [3.8, 4) is 0 Å². The van der Waals surface area contributed by atoms with E-state index in [0.717, 1.165) is 22.8 Å². The number of amides is 1. The van der Waals surface area contributed by atoms with Gasteiger partial charge in [0.25, 0.3) is 0 Å². The number of benzene rings is 1. The molecule has 19 heavy (non-hydrogen) atoms. The number of halogens is 1. The summed E-state index contributed by atoms with van der Waals surface area (Å²) in [6, 6.07) is 5.68. The lowest BCUT2D eigenvalue weighted by molar-refractivity contribution is -0.118. The van der Waals surface area contributed by atoms with E-state index in [9.17, 15) is 4.79 Å². The average molecular weight is 277 g/mol. The Morgan fingerprint density at radius 2 is 2.32 bits per heavy atom. The number of fused-ring (bicyclic) bond motifs is 3. The summed E-state index contributed by atoms with van der Waals surface area (Å²) in [7, 11) is 0. The summed E-state index contributed by atoms with van der Waals surface area (Å²) < 4.78 is 0. The number of anilines is 1. The SMILES string of the molecule is CC(=O)NC1=Cc2cc(Cl)ccc2N2C(C)=NNC12. The zero-order chi connectivity index (χ0) is 13.6. The van der Waals surface area contributed by atoms with Crippen LogP contribution in [0.5, 0.6) is 0 Å². The van der Waals surface area contributed by atoms with Crippen molar-refractivity contribution in [3.63, 3.8) is 0 Å². The molecule has 98 valence electrons. The first-order valence-corrected chi connectivity index (χ1v) is 6.32. The Balaban J connectivity index is 2.12. The van der Waals surface area contributed by atoms with Gasteiger partial charge in [0, 0.05) is 17.5 Å². The minimum absolute atomic E-state index is 0.108. The van der Waals surface area contributed by atoms with Crippen molar-refractivity contribution in [1.29, 1.82) is 0 Å². The predicted octanol–water partition coefficient (Wildman–Crippen LogP) is 1.90. The minimum Gasteiger partial charge on any atom is -0.326 e. The highest BCUT2D eigenvalue weighted by Gasteiger charge is 2.34. The van der Waals surface area contributed by atoms with Gasteiger partial charge in [-0.05, 0) is 31.2 Å². The van der Waals surface area contributed by atoms with Crippen LogP contribution in [-0.2, 0) is 4.79 Å². The first kappa shape index (κ1) is 12.0. The van der Waals surface area contributed by atoms with Gasteiger partial charge in [-0.25, -0.2) is 0 Å². The van der Waals surface area contributed by atoms with E-state index in [1.807, 2.05) is 36.1 Å². The third kappa shape index (κ3) is 1.96. The van der Waals surface area contributed by atoms with Crippen molar-refractivity contribution >= 4 is 35.1 Å². The number of amidine groups is 1. The molecule has 6 heteroatoms. The van der Waals surface area contributed by atoms with Crippen LogP contribution in [0, 0.1) is 0 Å². The molecule has 0 aliphatic carbocycles. The smallest absolute Gasteiger partial charge is 0.221 e. The molecule has 1 atom stereocenters. The van der Waals surface area contributed by atoms with Gasteiger partial charge in [0.1, 0.15) is 5.84 Å². The first-order chi connectivity index (χ1) is 9.06. The lowest BCUT2D eigenvalue weighted by atomic mass is 10.0. The van der Waals surface area contributed by atoms with E-state index >= 15 is 0 Å². The summed E-state index contributed by atoms with van der Waals surface area (Å²) in [6.07, 6.45) is 1.75. The number of hydrogen-bond donors (Lipinski definition) is 2. The Bertz CT molecular complexity index is 623. The van der Waals surface area contributed by atoms with Gasteiger partial charge >= 0.3 is 0 Å². The Morgan fingerprint density at radius 3 is 3.05 bits per heavy atom. The maximum atomic E-state index is 11.3. The average Bonchev–Trinajstić information content (AvgIpc) is 2.71. The van der Waals surface area contributed by atoms with Gasteiger partial charge in [-0.2, -0.15) is 5.10 Å². The highest BCUT2D eigenvalue weighted by molar-refractivity contribution is 6.31. The Kier molecular flexibility index (Phi) is 2.71. The third-order valence-corrected chi connectivity index (χ3v) is 3.37. The third-order valence-electron chi connectivity index (χ3n) is 3.13. The van der Waals surface area contributed by atoms with Crippen LogP contribution in [0.3, 0.4) is 0 Å². The number of hydrazone groups is 1. The molecular formula is C13H13ClN4O. The maximum absolute atomic E-state index is 11.3. The predicted molar refractivity (Wildman–Crippen MR) is 75.8 cm³/mol. The van der Waals surface area contributed by atoms with Gasteiger partial charge in [0.05, 0.1) is 11.4 Å². The zero-order valence-corrected chi connectivity index (χ0v) is 11.3. The monoisotopic (exact) mass is 276 g/mol. The van der Waals surface area contributed by atoms with Crippen LogP contribution < -0.4 is 15.6 Å². The van der Waals surface area contributed by atoms with Crippen molar-refractivity contribution in [2.75, 3.05) is 4.90 Å². The molecule has 2 aliphatic heterocycles. The summed E-state index contributed by atoms with van der Waals surface area (Å²) >= 11 is 6.03. The van der Waals surface area contributed by atoms with E-state index in [1.54, 1.807) is 0 Å². The van der Waals surface area contributed by atoms with Crippen molar-refractivity contribution in [3.05, 3.63) is 34.5 Å². The van der Waals surface area contributed by atoms with Crippen molar-refractivity contribution < 1.29 is 4.79 Å². The molecule has 5 nitrogen and oxygen atoms in total. The standard InChI is InChI=1S/C13H13ClN4O/c1-7-16-17-13-11(15-8(2)19)6-9-5-10(14)3-4-12(9)18(7)13/h3-6,13,17H,1-2H3,(H,15,19).